The number of likely N-dealkylation sites (tertiary alicyclic amines) is 1. The van der Waals surface area contributed by atoms with E-state index in [-0.39, 0.29) is 0 Å². The van der Waals surface area contributed by atoms with E-state index in [0.717, 1.165) is 191 Å². The first-order valence-electron chi connectivity index (χ1n) is 34.3. The predicted molar refractivity (Wildman–Crippen MR) is 326 cm³/mol. The molecular formula is C78H83N3O2. The summed E-state index contributed by atoms with van der Waals surface area (Å²) in [7, 11) is 1.83. The summed E-state index contributed by atoms with van der Waals surface area (Å²) in [6, 6.07) is 52.5. The zero-order chi connectivity index (χ0) is 53.5. The van der Waals surface area contributed by atoms with Crippen molar-refractivity contribution in [2.75, 3.05) is 49.8 Å². The molecule has 17 aliphatic rings. The summed E-state index contributed by atoms with van der Waals surface area (Å²) in [5, 5.41) is 0. The third-order valence-electron chi connectivity index (χ3n) is 30.4. The van der Waals surface area contributed by atoms with Crippen LogP contribution in [-0.2, 0) is 15.9 Å². The highest BCUT2D eigenvalue weighted by Gasteiger charge is 2.88. The number of anilines is 6. The van der Waals surface area contributed by atoms with Crippen LogP contribution in [0.15, 0.2) is 162 Å². The topological polar surface area (TPSA) is 28.2 Å². The molecule has 0 amide bonds. The van der Waals surface area contributed by atoms with Crippen molar-refractivity contribution in [2.24, 2.45) is 159 Å². The Morgan fingerprint density at radius 1 is 0.470 bits per heavy atom. The van der Waals surface area contributed by atoms with Gasteiger partial charge in [-0.2, -0.15) is 0 Å². The summed E-state index contributed by atoms with van der Waals surface area (Å²) >= 11 is 0. The Hall–Kier alpha value is -4.94. The number of methoxy groups -OCH3 is 1. The number of hydrogen-bond donors (Lipinski definition) is 0. The van der Waals surface area contributed by atoms with E-state index in [9.17, 15) is 0 Å². The standard InChI is InChI=1S/C78H83N3O2/c1-82-29-30-83-28-27-79-39-55-54-37-46-35-43-33-44-32-41-31-42-34-45-36-47-38-78(55,77-63(47)68-62(45)67-58(42)57(41)65-61(44)66-59(43)60(46)69-64(54)76(77)75-73(68)71(67)70(65)72(66)74(69)75)56(79)26-19-40-17-20-51(21-18-40)81(50-15-9-4-10-16-50)53-24-22-52(23-25-53)80(48-11-5-2-6-12-48)49-13-7-3-8-14-49/h2-18,20-25,41-45,47,55-59,61-63,65-77H,19,26-39H2,1H3. The molecule has 5 aromatic rings. The SMILES string of the molecule is COCCOCCN1CC2C3=C4C5C6=C(C3)CC3CC7CC8CC9CC%10CC%11CC2(C2C4C4C5C5C(C63)C7C3C8C9C6C%10C(C4C6C35)C%112)C1CCc1ccc(N(c2ccccc2)c2ccc(N(c3ccccc3)c3ccccc3)cc2)cc1. The van der Waals surface area contributed by atoms with Crippen LogP contribution in [0.2, 0.25) is 0 Å². The molecule has 22 rings (SSSR count). The second kappa shape index (κ2) is 16.6. The monoisotopic (exact) mass is 1090 g/mol. The van der Waals surface area contributed by atoms with Gasteiger partial charge in [0.1, 0.15) is 0 Å². The maximum atomic E-state index is 6.55. The maximum absolute atomic E-state index is 6.55. The molecule has 28 unspecified atom stereocenters. The smallest absolute Gasteiger partial charge is 0.0700 e. The first kappa shape index (κ1) is 47.2. The highest BCUT2D eigenvalue weighted by molar-refractivity contribution is 5.81. The molecule has 0 N–H and O–H groups in total. The van der Waals surface area contributed by atoms with Gasteiger partial charge in [0.15, 0.2) is 0 Å². The van der Waals surface area contributed by atoms with Crippen molar-refractivity contribution < 1.29 is 9.47 Å². The van der Waals surface area contributed by atoms with Gasteiger partial charge in [0, 0.05) is 72.2 Å². The van der Waals surface area contributed by atoms with Gasteiger partial charge in [-0.15, -0.1) is 0 Å². The Balaban J connectivity index is 0.645. The van der Waals surface area contributed by atoms with Crippen molar-refractivity contribution in [3.8, 4) is 0 Å². The fourth-order valence-corrected chi connectivity index (χ4v) is 30.2. The molecule has 1 heterocycles. The molecular weight excluding hydrogens is 1010 g/mol. The van der Waals surface area contributed by atoms with Crippen molar-refractivity contribution in [1.29, 1.82) is 0 Å². The van der Waals surface area contributed by atoms with E-state index >= 15 is 0 Å². The molecule has 5 aromatic carbocycles. The highest BCUT2D eigenvalue weighted by atomic mass is 16.5. The van der Waals surface area contributed by atoms with E-state index in [0.29, 0.717) is 24.7 Å². The molecule has 1 saturated heterocycles. The van der Waals surface area contributed by atoms with Gasteiger partial charge in [0.2, 0.25) is 0 Å². The molecule has 5 nitrogen and oxygen atoms in total. The molecule has 83 heavy (non-hydrogen) atoms. The number of ether oxygens (including phenoxy) is 2. The Morgan fingerprint density at radius 3 is 1.58 bits per heavy atom. The zero-order valence-corrected chi connectivity index (χ0v) is 48.6. The van der Waals surface area contributed by atoms with E-state index in [1.165, 1.54) is 48.4 Å². The molecule has 0 aromatic heterocycles. The minimum Gasteiger partial charge on any atom is -0.382 e. The van der Waals surface area contributed by atoms with Crippen LogP contribution in [-0.4, -0.2) is 51.0 Å². The predicted octanol–water partition coefficient (Wildman–Crippen LogP) is 15.8. The van der Waals surface area contributed by atoms with Crippen molar-refractivity contribution in [3.63, 3.8) is 0 Å². The Kier molecular flexibility index (Phi) is 9.43. The van der Waals surface area contributed by atoms with Crippen molar-refractivity contribution in [3.05, 3.63) is 167 Å². The molecule has 28 atom stereocenters. The first-order chi connectivity index (χ1) is 41.1. The van der Waals surface area contributed by atoms with Crippen LogP contribution in [0.1, 0.15) is 63.4 Å². The minimum absolute atomic E-state index is 0.404. The number of nitrogens with zero attached hydrogens (tertiary/aromatic N) is 3. The Morgan fingerprint density at radius 2 is 0.964 bits per heavy atom. The van der Waals surface area contributed by atoms with Gasteiger partial charge in [-0.3, -0.25) is 4.90 Å². The van der Waals surface area contributed by atoms with Gasteiger partial charge >= 0.3 is 0 Å². The van der Waals surface area contributed by atoms with Crippen LogP contribution in [0.25, 0.3) is 0 Å². The van der Waals surface area contributed by atoms with E-state index in [4.69, 9.17) is 9.47 Å². The van der Waals surface area contributed by atoms with E-state index in [1.807, 2.05) is 7.11 Å². The van der Waals surface area contributed by atoms with Crippen LogP contribution in [0.5, 0.6) is 0 Å². The third-order valence-corrected chi connectivity index (χ3v) is 30.4. The van der Waals surface area contributed by atoms with Crippen LogP contribution < -0.4 is 9.80 Å². The highest BCUT2D eigenvalue weighted by Crippen LogP contribution is 2.93. The van der Waals surface area contributed by atoms with E-state index < -0.39 is 0 Å². The van der Waals surface area contributed by atoms with Crippen molar-refractivity contribution in [2.45, 2.75) is 70.3 Å². The lowest BCUT2D eigenvalue weighted by Crippen LogP contribution is -2.60. The van der Waals surface area contributed by atoms with Gasteiger partial charge in [0.25, 0.3) is 0 Å². The number of fused-ring (bicyclic) bond motifs is 1. The normalized spacial score (nSPS) is 47.8. The molecule has 14 fully saturated rings. The second-order valence-electron chi connectivity index (χ2n) is 31.8. The lowest BCUT2D eigenvalue weighted by Gasteiger charge is -2.62. The first-order valence-corrected chi connectivity index (χ1v) is 34.3. The zero-order valence-electron chi connectivity index (χ0n) is 48.6. The molecule has 422 valence electrons. The third kappa shape index (κ3) is 5.62. The van der Waals surface area contributed by atoms with Gasteiger partial charge < -0.3 is 19.3 Å². The van der Waals surface area contributed by atoms with Crippen LogP contribution in [0, 0.1) is 159 Å². The molecule has 16 aliphatic carbocycles. The summed E-state index contributed by atoms with van der Waals surface area (Å²) in [6.45, 7) is 4.61. The molecule has 0 radical (unpaired) electrons. The quantitative estimate of drug-likeness (QED) is 0.0770. The summed E-state index contributed by atoms with van der Waals surface area (Å²) < 4.78 is 12.1. The second-order valence-corrected chi connectivity index (χ2v) is 31.8. The summed E-state index contributed by atoms with van der Waals surface area (Å²) in [5.41, 5.74) is 17.6. The largest absolute Gasteiger partial charge is 0.382 e. The summed E-state index contributed by atoms with van der Waals surface area (Å²) in [4.78, 5) is 7.98. The van der Waals surface area contributed by atoms with Crippen LogP contribution >= 0.6 is 0 Å². The van der Waals surface area contributed by atoms with Gasteiger partial charge in [-0.25, -0.2) is 0 Å². The van der Waals surface area contributed by atoms with E-state index in [2.05, 4.69) is 177 Å². The summed E-state index contributed by atoms with van der Waals surface area (Å²) in [5.74, 6) is 27.2. The number of aryl methyl sites for hydroxylation is 1. The number of hydrogen-bond acceptors (Lipinski definition) is 5. The number of para-hydroxylation sites is 3. The molecule has 13 saturated carbocycles. The van der Waals surface area contributed by atoms with Gasteiger partial charge in [-0.05, 0) is 290 Å². The Bertz CT molecular complexity index is 3520. The summed E-state index contributed by atoms with van der Waals surface area (Å²) in [6.07, 6.45) is 15.2. The average molecular weight is 1090 g/mol. The van der Waals surface area contributed by atoms with Gasteiger partial charge in [-0.1, -0.05) is 89.0 Å². The number of allylic oxidation sites excluding steroid dienone is 3. The minimum atomic E-state index is 0.404. The molecule has 1 spiro atoms. The lowest BCUT2D eigenvalue weighted by molar-refractivity contribution is -0.149. The van der Waals surface area contributed by atoms with E-state index in [1.54, 1.807) is 38.5 Å². The maximum Gasteiger partial charge on any atom is 0.0700 e. The average Bonchev–Trinajstić information content (AvgIpc) is 1.48. The fourth-order valence-electron chi connectivity index (χ4n) is 30.2. The number of rotatable bonds is 15. The molecule has 5 heteroatoms. The number of benzene rings is 5. The van der Waals surface area contributed by atoms with Crippen molar-refractivity contribution in [1.82, 2.24) is 4.90 Å². The fraction of sp³-hybridized carbons (Fsp3) is 0.564. The van der Waals surface area contributed by atoms with Crippen LogP contribution in [0.4, 0.5) is 34.1 Å². The van der Waals surface area contributed by atoms with Gasteiger partial charge in [0.05, 0.1) is 19.8 Å². The van der Waals surface area contributed by atoms with Crippen molar-refractivity contribution >= 4 is 34.1 Å². The van der Waals surface area contributed by atoms with Crippen LogP contribution in [0.3, 0.4) is 0 Å². The molecule has 0 bridgehead atoms. The Labute approximate surface area is 492 Å². The molecule has 1 aliphatic heterocycles. The lowest BCUT2D eigenvalue weighted by atomic mass is 9.42.